The van der Waals surface area contributed by atoms with Crippen molar-refractivity contribution in [3.63, 3.8) is 0 Å². The fourth-order valence-electron chi connectivity index (χ4n) is 3.32. The zero-order chi connectivity index (χ0) is 17.9. The number of nitrogens with zero attached hydrogens (tertiary/aromatic N) is 1. The summed E-state index contributed by atoms with van der Waals surface area (Å²) in [4.78, 5) is 30.0. The molecule has 25 heavy (non-hydrogen) atoms. The van der Waals surface area contributed by atoms with Gasteiger partial charge >= 0.3 is 0 Å². The summed E-state index contributed by atoms with van der Waals surface area (Å²) in [5.41, 5.74) is 0.709. The zero-order valence-electron chi connectivity index (χ0n) is 14.5. The first-order valence-electron chi connectivity index (χ1n) is 8.82. The van der Waals surface area contributed by atoms with Crippen LogP contribution in [0, 0.1) is 5.41 Å². The molecule has 1 aliphatic heterocycles. The second kappa shape index (κ2) is 7.60. The van der Waals surface area contributed by atoms with Crippen molar-refractivity contribution < 1.29 is 9.59 Å². The Morgan fingerprint density at radius 3 is 2.52 bits per heavy atom. The first-order chi connectivity index (χ1) is 12.0. The van der Waals surface area contributed by atoms with E-state index in [2.05, 4.69) is 26.2 Å². The number of carbonyl (C=O) groups excluding carboxylic acids is 2. The number of allylic oxidation sites excluding steroid dienone is 2. The molecule has 2 N–H and O–H groups in total. The SMILES string of the molecule is C[C@]1(C(=O)N2CCCCCC2)C=CC(NC(=O)c2cc(Br)c[nH]2)=CC1. The smallest absolute Gasteiger partial charge is 0.272 e. The first kappa shape index (κ1) is 18.0. The van der Waals surface area contributed by atoms with Crippen molar-refractivity contribution >= 4 is 27.7 Å². The van der Waals surface area contributed by atoms with E-state index in [0.29, 0.717) is 12.1 Å². The van der Waals surface area contributed by atoms with Gasteiger partial charge in [0.1, 0.15) is 5.69 Å². The Morgan fingerprint density at radius 1 is 1.24 bits per heavy atom. The predicted molar refractivity (Wildman–Crippen MR) is 101 cm³/mol. The Hall–Kier alpha value is -1.82. The summed E-state index contributed by atoms with van der Waals surface area (Å²) >= 11 is 3.32. The molecule has 3 rings (SSSR count). The minimum atomic E-state index is -0.520. The molecule has 0 unspecified atom stereocenters. The second-order valence-electron chi connectivity index (χ2n) is 7.01. The van der Waals surface area contributed by atoms with E-state index >= 15 is 0 Å². The van der Waals surface area contributed by atoms with E-state index in [1.807, 2.05) is 30.1 Å². The molecule has 6 heteroatoms. The lowest BCUT2D eigenvalue weighted by Gasteiger charge is -2.33. The average Bonchev–Trinajstić information content (AvgIpc) is 2.87. The Morgan fingerprint density at radius 2 is 1.96 bits per heavy atom. The number of nitrogens with one attached hydrogen (secondary N) is 2. The van der Waals surface area contributed by atoms with Crippen LogP contribution in [0.25, 0.3) is 0 Å². The van der Waals surface area contributed by atoms with Crippen molar-refractivity contribution in [3.8, 4) is 0 Å². The van der Waals surface area contributed by atoms with E-state index in [1.165, 1.54) is 12.8 Å². The highest BCUT2D eigenvalue weighted by Gasteiger charge is 2.35. The van der Waals surface area contributed by atoms with Gasteiger partial charge < -0.3 is 15.2 Å². The molecular weight excluding hydrogens is 382 g/mol. The number of halogens is 1. The molecule has 2 amide bonds. The second-order valence-corrected chi connectivity index (χ2v) is 7.92. The van der Waals surface area contributed by atoms with Crippen molar-refractivity contribution in [2.75, 3.05) is 13.1 Å². The standard InChI is InChI=1S/C19H24BrN3O2/c1-19(18(25)23-10-4-2-3-5-11-23)8-6-15(7-9-19)22-17(24)16-12-14(20)13-21-16/h6-8,12-13,21H,2-5,9-11H2,1H3,(H,22,24)/t19-/m0/s1. The van der Waals surface area contributed by atoms with Crippen LogP contribution in [0.2, 0.25) is 0 Å². The van der Waals surface area contributed by atoms with Gasteiger partial charge in [-0.3, -0.25) is 9.59 Å². The third-order valence-corrected chi connectivity index (χ3v) is 5.37. The number of hydrogen-bond acceptors (Lipinski definition) is 2. The molecule has 2 aliphatic rings. The molecule has 1 aromatic heterocycles. The monoisotopic (exact) mass is 405 g/mol. The molecule has 0 aromatic carbocycles. The quantitative estimate of drug-likeness (QED) is 0.803. The average molecular weight is 406 g/mol. The summed E-state index contributed by atoms with van der Waals surface area (Å²) in [6, 6.07) is 1.73. The number of carbonyl (C=O) groups is 2. The number of aromatic nitrogens is 1. The van der Waals surface area contributed by atoms with Crippen LogP contribution in [0.15, 0.2) is 40.7 Å². The van der Waals surface area contributed by atoms with Gasteiger partial charge in [-0.2, -0.15) is 0 Å². The summed E-state index contributed by atoms with van der Waals surface area (Å²) in [6.45, 7) is 3.70. The molecule has 1 saturated heterocycles. The molecule has 134 valence electrons. The van der Waals surface area contributed by atoms with Gasteiger partial charge in [-0.25, -0.2) is 0 Å². The van der Waals surface area contributed by atoms with Crippen LogP contribution >= 0.6 is 15.9 Å². The van der Waals surface area contributed by atoms with Gasteiger partial charge in [0.15, 0.2) is 0 Å². The molecule has 2 heterocycles. The first-order valence-corrected chi connectivity index (χ1v) is 9.61. The summed E-state index contributed by atoms with van der Waals surface area (Å²) in [5.74, 6) is 0.00428. The van der Waals surface area contributed by atoms with Gasteiger partial charge in [0, 0.05) is 29.5 Å². The topological polar surface area (TPSA) is 65.2 Å². The van der Waals surface area contributed by atoms with Gasteiger partial charge in [0.25, 0.3) is 5.91 Å². The van der Waals surface area contributed by atoms with Crippen LogP contribution in [-0.2, 0) is 4.79 Å². The molecule has 0 radical (unpaired) electrons. The molecule has 1 atom stereocenters. The fraction of sp³-hybridized carbons (Fsp3) is 0.474. The highest BCUT2D eigenvalue weighted by molar-refractivity contribution is 9.10. The van der Waals surface area contributed by atoms with Crippen LogP contribution in [0.5, 0.6) is 0 Å². The molecule has 1 fully saturated rings. The lowest BCUT2D eigenvalue weighted by atomic mass is 9.81. The van der Waals surface area contributed by atoms with Crippen LogP contribution in [-0.4, -0.2) is 34.8 Å². The largest absolute Gasteiger partial charge is 0.356 e. The lowest BCUT2D eigenvalue weighted by molar-refractivity contribution is -0.138. The maximum absolute atomic E-state index is 12.9. The maximum atomic E-state index is 12.9. The zero-order valence-corrected chi connectivity index (χ0v) is 16.1. The third kappa shape index (κ3) is 4.24. The summed E-state index contributed by atoms with van der Waals surface area (Å²) < 4.78 is 0.835. The summed E-state index contributed by atoms with van der Waals surface area (Å²) in [5, 5.41) is 2.87. The van der Waals surface area contributed by atoms with Gasteiger partial charge in [0.05, 0.1) is 5.41 Å². The number of aromatic amines is 1. The highest BCUT2D eigenvalue weighted by Crippen LogP contribution is 2.32. The summed E-state index contributed by atoms with van der Waals surface area (Å²) in [6.07, 6.45) is 12.6. The predicted octanol–water partition coefficient (Wildman–Crippen LogP) is 3.76. The number of amides is 2. The lowest BCUT2D eigenvalue weighted by Crippen LogP contribution is -2.42. The highest BCUT2D eigenvalue weighted by atomic mass is 79.9. The Kier molecular flexibility index (Phi) is 5.47. The van der Waals surface area contributed by atoms with E-state index in [9.17, 15) is 9.59 Å². The van der Waals surface area contributed by atoms with E-state index in [1.54, 1.807) is 12.3 Å². The molecule has 0 saturated carbocycles. The van der Waals surface area contributed by atoms with E-state index < -0.39 is 5.41 Å². The fourth-order valence-corrected chi connectivity index (χ4v) is 3.66. The Balaban J connectivity index is 1.62. The molecule has 5 nitrogen and oxygen atoms in total. The summed E-state index contributed by atoms with van der Waals surface area (Å²) in [7, 11) is 0. The van der Waals surface area contributed by atoms with E-state index in [0.717, 1.165) is 36.1 Å². The van der Waals surface area contributed by atoms with Crippen LogP contribution in [0.1, 0.15) is 49.5 Å². The van der Waals surface area contributed by atoms with E-state index in [-0.39, 0.29) is 11.8 Å². The van der Waals surface area contributed by atoms with Gasteiger partial charge in [-0.05, 0) is 54.3 Å². The van der Waals surface area contributed by atoms with Crippen molar-refractivity contribution in [1.82, 2.24) is 15.2 Å². The van der Waals surface area contributed by atoms with Crippen molar-refractivity contribution in [1.29, 1.82) is 0 Å². The minimum Gasteiger partial charge on any atom is -0.356 e. The maximum Gasteiger partial charge on any atom is 0.272 e. The Labute approximate surface area is 156 Å². The third-order valence-electron chi connectivity index (χ3n) is 4.91. The molecule has 1 aliphatic carbocycles. The van der Waals surface area contributed by atoms with Crippen LogP contribution in [0.4, 0.5) is 0 Å². The minimum absolute atomic E-state index is 0.191. The van der Waals surface area contributed by atoms with Gasteiger partial charge in [-0.1, -0.05) is 25.0 Å². The molecule has 0 bridgehead atoms. The Bertz CT molecular complexity index is 714. The number of rotatable bonds is 3. The van der Waals surface area contributed by atoms with Gasteiger partial charge in [0.2, 0.25) is 5.91 Å². The molecule has 0 spiro atoms. The van der Waals surface area contributed by atoms with Crippen LogP contribution in [0.3, 0.4) is 0 Å². The normalized spacial score (nSPS) is 23.8. The number of hydrogen-bond donors (Lipinski definition) is 2. The number of H-pyrrole nitrogens is 1. The van der Waals surface area contributed by atoms with Crippen molar-refractivity contribution in [2.24, 2.45) is 5.41 Å². The molecule has 1 aromatic rings. The van der Waals surface area contributed by atoms with Crippen molar-refractivity contribution in [2.45, 2.75) is 39.0 Å². The van der Waals surface area contributed by atoms with E-state index in [4.69, 9.17) is 0 Å². The van der Waals surface area contributed by atoms with Gasteiger partial charge in [-0.15, -0.1) is 0 Å². The van der Waals surface area contributed by atoms with Crippen LogP contribution < -0.4 is 5.32 Å². The van der Waals surface area contributed by atoms with Crippen molar-refractivity contribution in [3.05, 3.63) is 46.4 Å². The molecular formula is C19H24BrN3O2. The number of likely N-dealkylation sites (tertiary alicyclic amines) is 1.